The Labute approximate surface area is 192 Å². The number of pyridine rings is 1. The molecule has 0 aromatic carbocycles. The molecule has 5 heterocycles. The van der Waals surface area contributed by atoms with Crippen molar-refractivity contribution in [3.63, 3.8) is 0 Å². The second kappa shape index (κ2) is 8.10. The Morgan fingerprint density at radius 1 is 1.26 bits per heavy atom. The van der Waals surface area contributed by atoms with E-state index in [1.807, 2.05) is 24.0 Å². The summed E-state index contributed by atoms with van der Waals surface area (Å²) in [6, 6.07) is 7.76. The van der Waals surface area contributed by atoms with Gasteiger partial charge in [0.1, 0.15) is 28.4 Å². The van der Waals surface area contributed by atoms with Gasteiger partial charge in [-0.15, -0.1) is 5.10 Å². The SMILES string of the molecule is C[C@@]1(C(=O)Nc2ccc(F)cn2)CCCN1c1nc(Nc2cc(C(N)=O)[nH]n2)c2cccn2n1. The van der Waals surface area contributed by atoms with Crippen molar-refractivity contribution in [3.05, 3.63) is 54.2 Å². The van der Waals surface area contributed by atoms with Crippen LogP contribution in [0.2, 0.25) is 0 Å². The van der Waals surface area contributed by atoms with Gasteiger partial charge in [0.05, 0.1) is 6.20 Å². The van der Waals surface area contributed by atoms with Gasteiger partial charge in [-0.05, 0) is 44.0 Å². The number of H-pyrrole nitrogens is 1. The summed E-state index contributed by atoms with van der Waals surface area (Å²) < 4.78 is 14.8. The van der Waals surface area contributed by atoms with Gasteiger partial charge in [-0.25, -0.2) is 13.9 Å². The maximum absolute atomic E-state index is 13.2. The van der Waals surface area contributed by atoms with Crippen LogP contribution in [0.5, 0.6) is 0 Å². The number of aromatic nitrogens is 6. The summed E-state index contributed by atoms with van der Waals surface area (Å²) in [6.07, 6.45) is 4.13. The van der Waals surface area contributed by atoms with Crippen LogP contribution in [0.1, 0.15) is 30.3 Å². The predicted octanol–water partition coefficient (Wildman–Crippen LogP) is 1.83. The number of primary amides is 1. The maximum atomic E-state index is 13.2. The Bertz CT molecular complexity index is 1380. The smallest absolute Gasteiger partial charge is 0.266 e. The molecule has 4 aromatic rings. The van der Waals surface area contributed by atoms with Crippen LogP contribution < -0.4 is 21.3 Å². The molecule has 1 fully saturated rings. The van der Waals surface area contributed by atoms with Crippen molar-refractivity contribution >= 4 is 40.7 Å². The van der Waals surface area contributed by atoms with E-state index in [2.05, 4.69) is 35.9 Å². The van der Waals surface area contributed by atoms with Crippen LogP contribution >= 0.6 is 0 Å². The fourth-order valence-corrected chi connectivity index (χ4v) is 3.98. The average molecular weight is 464 g/mol. The van der Waals surface area contributed by atoms with Crippen molar-refractivity contribution < 1.29 is 14.0 Å². The number of anilines is 4. The fraction of sp³-hybridized carbons (Fsp3) is 0.238. The zero-order chi connectivity index (χ0) is 23.9. The lowest BCUT2D eigenvalue weighted by molar-refractivity contribution is -0.120. The molecule has 5 N–H and O–H groups in total. The molecule has 4 aromatic heterocycles. The normalized spacial score (nSPS) is 17.8. The van der Waals surface area contributed by atoms with E-state index in [0.717, 1.165) is 12.6 Å². The second-order valence-corrected chi connectivity index (χ2v) is 8.10. The molecule has 0 aliphatic carbocycles. The molecule has 1 aliphatic rings. The van der Waals surface area contributed by atoms with Gasteiger partial charge in [-0.3, -0.25) is 14.7 Å². The number of carbonyl (C=O) groups excluding carboxylic acids is 2. The lowest BCUT2D eigenvalue weighted by atomic mass is 9.98. The summed E-state index contributed by atoms with van der Waals surface area (Å²) in [4.78, 5) is 35.0. The Morgan fingerprint density at radius 2 is 2.12 bits per heavy atom. The summed E-state index contributed by atoms with van der Waals surface area (Å²) in [5.74, 6) is -0.0378. The molecule has 1 saturated heterocycles. The quantitative estimate of drug-likeness (QED) is 0.336. The van der Waals surface area contributed by atoms with Crippen LogP contribution in [0.3, 0.4) is 0 Å². The first kappa shape index (κ1) is 21.3. The Morgan fingerprint density at radius 3 is 2.85 bits per heavy atom. The van der Waals surface area contributed by atoms with Crippen LogP contribution in [0.15, 0.2) is 42.7 Å². The molecule has 5 rings (SSSR count). The molecule has 0 unspecified atom stereocenters. The number of carbonyl (C=O) groups is 2. The minimum atomic E-state index is -0.959. The highest BCUT2D eigenvalue weighted by Gasteiger charge is 2.45. The molecule has 174 valence electrons. The number of nitrogens with zero attached hydrogens (tertiary/aromatic N) is 6. The number of nitrogens with two attached hydrogens (primary N) is 1. The van der Waals surface area contributed by atoms with Gasteiger partial charge < -0.3 is 21.3 Å². The highest BCUT2D eigenvalue weighted by Crippen LogP contribution is 2.34. The molecule has 1 atom stereocenters. The fourth-order valence-electron chi connectivity index (χ4n) is 3.98. The zero-order valence-corrected chi connectivity index (χ0v) is 18.1. The van der Waals surface area contributed by atoms with E-state index in [1.165, 1.54) is 18.2 Å². The van der Waals surface area contributed by atoms with E-state index < -0.39 is 17.3 Å². The van der Waals surface area contributed by atoms with Crippen LogP contribution in [-0.2, 0) is 4.79 Å². The molecule has 0 bridgehead atoms. The number of fused-ring (bicyclic) bond motifs is 1. The molecule has 2 amide bonds. The number of nitrogens with one attached hydrogen (secondary N) is 3. The van der Waals surface area contributed by atoms with Crippen LogP contribution in [0, 0.1) is 5.82 Å². The van der Waals surface area contributed by atoms with Gasteiger partial charge in [-0.2, -0.15) is 10.1 Å². The first-order chi connectivity index (χ1) is 16.3. The zero-order valence-electron chi connectivity index (χ0n) is 18.1. The van der Waals surface area contributed by atoms with Crippen LogP contribution in [-0.4, -0.2) is 53.7 Å². The van der Waals surface area contributed by atoms with Gasteiger partial charge in [0.25, 0.3) is 11.8 Å². The molecule has 34 heavy (non-hydrogen) atoms. The average Bonchev–Trinajstić information content (AvgIpc) is 3.55. The lowest BCUT2D eigenvalue weighted by Crippen LogP contribution is -2.52. The van der Waals surface area contributed by atoms with Gasteiger partial charge in [0, 0.05) is 18.8 Å². The third-order valence-corrected chi connectivity index (χ3v) is 5.81. The van der Waals surface area contributed by atoms with Gasteiger partial charge >= 0.3 is 0 Å². The van der Waals surface area contributed by atoms with Crippen molar-refractivity contribution in [1.82, 2.24) is 29.8 Å². The summed E-state index contributed by atoms with van der Waals surface area (Å²) >= 11 is 0. The molecule has 12 nitrogen and oxygen atoms in total. The third-order valence-electron chi connectivity index (χ3n) is 5.81. The van der Waals surface area contributed by atoms with Crippen molar-refractivity contribution in [2.24, 2.45) is 5.73 Å². The van der Waals surface area contributed by atoms with Crippen molar-refractivity contribution in [2.45, 2.75) is 25.3 Å². The van der Waals surface area contributed by atoms with Crippen LogP contribution in [0.25, 0.3) is 5.52 Å². The molecule has 0 radical (unpaired) electrons. The lowest BCUT2D eigenvalue weighted by Gasteiger charge is -2.33. The number of amides is 2. The van der Waals surface area contributed by atoms with E-state index in [4.69, 9.17) is 5.73 Å². The maximum Gasteiger partial charge on any atom is 0.266 e. The molecular formula is C21H21FN10O2. The standard InChI is InChI=1S/C21H21FN10O2/c1-21(19(34)26-15-6-5-12(22)11-24-15)7-3-8-31(21)20-27-18(14-4-2-9-32(14)30-20)25-16-10-13(17(23)33)28-29-16/h2,4-6,9-11H,3,7-8H2,1H3,(H2,23,33)(H,24,26,34)(H2,25,27,28,29,30)/t21-/m0/s1. The van der Waals surface area contributed by atoms with Crippen molar-refractivity contribution in [2.75, 3.05) is 22.1 Å². The van der Waals surface area contributed by atoms with Crippen molar-refractivity contribution in [3.8, 4) is 0 Å². The van der Waals surface area contributed by atoms with Gasteiger partial charge in [-0.1, -0.05) is 0 Å². The third kappa shape index (κ3) is 3.76. The molecule has 0 saturated carbocycles. The highest BCUT2D eigenvalue weighted by atomic mass is 19.1. The minimum absolute atomic E-state index is 0.154. The number of hydrogen-bond acceptors (Lipinski definition) is 8. The van der Waals surface area contributed by atoms with E-state index in [-0.39, 0.29) is 17.4 Å². The summed E-state index contributed by atoms with van der Waals surface area (Å²) in [5.41, 5.74) is 5.16. The summed E-state index contributed by atoms with van der Waals surface area (Å²) in [6.45, 7) is 2.36. The number of aromatic amines is 1. The van der Waals surface area contributed by atoms with E-state index in [9.17, 15) is 14.0 Å². The highest BCUT2D eigenvalue weighted by molar-refractivity contribution is 5.99. The molecule has 13 heteroatoms. The predicted molar refractivity (Wildman–Crippen MR) is 121 cm³/mol. The van der Waals surface area contributed by atoms with Crippen LogP contribution in [0.4, 0.5) is 27.8 Å². The second-order valence-electron chi connectivity index (χ2n) is 8.10. The Kier molecular flexibility index (Phi) is 5.07. The first-order valence-corrected chi connectivity index (χ1v) is 10.5. The van der Waals surface area contributed by atoms with E-state index in [1.54, 1.807) is 10.7 Å². The van der Waals surface area contributed by atoms with Gasteiger partial charge in [0.2, 0.25) is 5.95 Å². The largest absolute Gasteiger partial charge is 0.364 e. The van der Waals surface area contributed by atoms with Gasteiger partial charge in [0.15, 0.2) is 11.6 Å². The van der Waals surface area contributed by atoms with Crippen molar-refractivity contribution in [1.29, 1.82) is 0 Å². The number of halogens is 1. The minimum Gasteiger partial charge on any atom is -0.364 e. The molecule has 0 spiro atoms. The van der Waals surface area contributed by atoms with E-state index >= 15 is 0 Å². The van der Waals surface area contributed by atoms with E-state index in [0.29, 0.717) is 36.1 Å². The number of hydrogen-bond donors (Lipinski definition) is 4. The first-order valence-electron chi connectivity index (χ1n) is 10.5. The monoisotopic (exact) mass is 464 g/mol. The molecular weight excluding hydrogens is 443 g/mol. The Hall–Kier alpha value is -4.55. The summed E-state index contributed by atoms with van der Waals surface area (Å²) in [5, 5.41) is 17.0. The number of rotatable bonds is 6. The Balaban J connectivity index is 1.47. The summed E-state index contributed by atoms with van der Waals surface area (Å²) in [7, 11) is 0. The molecule has 1 aliphatic heterocycles. The topological polar surface area (TPSA) is 159 Å².